The zero-order chi connectivity index (χ0) is 14.4. The van der Waals surface area contributed by atoms with Crippen LogP contribution in [0.5, 0.6) is 0 Å². The van der Waals surface area contributed by atoms with Crippen LogP contribution < -0.4 is 16.8 Å². The number of hydrogen-bond acceptors (Lipinski definition) is 3. The Labute approximate surface area is 152 Å². The predicted octanol–water partition coefficient (Wildman–Crippen LogP) is 3.39. The zero-order valence-electron chi connectivity index (χ0n) is 12.3. The average molecular weight is 433 g/mol. The normalized spacial score (nSPS) is 11.2. The van der Waals surface area contributed by atoms with Crippen LogP contribution in [0.1, 0.15) is 19.3 Å². The molecule has 0 unspecified atom stereocenters. The second-order valence-electron chi connectivity index (χ2n) is 4.94. The smallest absolute Gasteiger partial charge is 0.241 e. The summed E-state index contributed by atoms with van der Waals surface area (Å²) >= 11 is 0. The summed E-state index contributed by atoms with van der Waals surface area (Å²) in [5.74, 6) is -0.141. The van der Waals surface area contributed by atoms with Gasteiger partial charge in [0.25, 0.3) is 0 Å². The topological polar surface area (TPSA) is 81.1 Å². The number of anilines is 1. The van der Waals surface area contributed by atoms with Crippen LogP contribution in [0.4, 0.5) is 5.69 Å². The quantitative estimate of drug-likeness (QED) is 0.612. The number of carbonyl (C=O) groups is 1. The molecule has 4 nitrogen and oxygen atoms in total. The van der Waals surface area contributed by atoms with Gasteiger partial charge in [-0.3, -0.25) is 4.79 Å². The molecule has 2 aromatic carbocycles. The van der Waals surface area contributed by atoms with Crippen LogP contribution in [0, 0.1) is 0 Å². The minimum absolute atomic E-state index is 0. The molecular formula is C16H23Br2N3O. The molecule has 6 heteroatoms. The van der Waals surface area contributed by atoms with Gasteiger partial charge in [0.2, 0.25) is 5.91 Å². The maximum Gasteiger partial charge on any atom is 0.241 e. The molecule has 0 saturated carbocycles. The minimum Gasteiger partial charge on any atom is -0.330 e. The van der Waals surface area contributed by atoms with E-state index in [9.17, 15) is 4.79 Å². The largest absolute Gasteiger partial charge is 0.330 e. The maximum atomic E-state index is 12.0. The van der Waals surface area contributed by atoms with E-state index in [2.05, 4.69) is 5.32 Å². The van der Waals surface area contributed by atoms with Gasteiger partial charge in [-0.2, -0.15) is 0 Å². The predicted molar refractivity (Wildman–Crippen MR) is 104 cm³/mol. The number of unbranched alkanes of at least 4 members (excludes halogenated alkanes) is 1. The summed E-state index contributed by atoms with van der Waals surface area (Å²) in [5.41, 5.74) is 12.1. The minimum atomic E-state index is -0.479. The highest BCUT2D eigenvalue weighted by atomic mass is 79.9. The van der Waals surface area contributed by atoms with E-state index in [0.717, 1.165) is 29.3 Å². The molecule has 0 spiro atoms. The fraction of sp³-hybridized carbons (Fsp3) is 0.312. The Morgan fingerprint density at radius 2 is 1.73 bits per heavy atom. The summed E-state index contributed by atoms with van der Waals surface area (Å²) in [6.45, 7) is 0.638. The van der Waals surface area contributed by atoms with Gasteiger partial charge < -0.3 is 16.8 Å². The standard InChI is InChI=1S/C16H21N3O.2BrH/c17-10-4-3-7-15(18)16(20)19-14-9-8-12-5-1-2-6-13(12)11-14;;/h1-2,5-6,8-9,11,15H,3-4,7,10,17-18H2,(H,19,20);2*1H/t15-;;/m0../s1. The van der Waals surface area contributed by atoms with Crippen LogP contribution in [-0.2, 0) is 4.79 Å². The molecule has 0 aliphatic carbocycles. The van der Waals surface area contributed by atoms with Crippen LogP contribution in [0.2, 0.25) is 0 Å². The highest BCUT2D eigenvalue weighted by molar-refractivity contribution is 8.93. The van der Waals surface area contributed by atoms with Gasteiger partial charge in [0.1, 0.15) is 0 Å². The summed E-state index contributed by atoms with van der Waals surface area (Å²) in [5, 5.41) is 5.12. The molecule has 0 bridgehead atoms. The number of amides is 1. The van der Waals surface area contributed by atoms with Crippen molar-refractivity contribution in [2.45, 2.75) is 25.3 Å². The number of carbonyl (C=O) groups excluding carboxylic acids is 1. The van der Waals surface area contributed by atoms with Gasteiger partial charge in [0.05, 0.1) is 6.04 Å². The van der Waals surface area contributed by atoms with Crippen LogP contribution in [0.15, 0.2) is 42.5 Å². The monoisotopic (exact) mass is 431 g/mol. The van der Waals surface area contributed by atoms with Crippen molar-refractivity contribution in [2.24, 2.45) is 11.5 Å². The fourth-order valence-corrected chi connectivity index (χ4v) is 2.14. The van der Waals surface area contributed by atoms with Crippen molar-refractivity contribution in [3.63, 3.8) is 0 Å². The lowest BCUT2D eigenvalue weighted by Gasteiger charge is -2.12. The van der Waals surface area contributed by atoms with E-state index >= 15 is 0 Å². The van der Waals surface area contributed by atoms with Crippen LogP contribution in [0.25, 0.3) is 10.8 Å². The number of fused-ring (bicyclic) bond motifs is 1. The molecule has 22 heavy (non-hydrogen) atoms. The molecule has 0 aliphatic rings. The number of nitrogens with one attached hydrogen (secondary N) is 1. The maximum absolute atomic E-state index is 12.0. The summed E-state index contributed by atoms with van der Waals surface area (Å²) in [4.78, 5) is 12.0. The van der Waals surface area contributed by atoms with Gasteiger partial charge in [-0.1, -0.05) is 36.8 Å². The van der Waals surface area contributed by atoms with Gasteiger partial charge in [-0.15, -0.1) is 34.0 Å². The summed E-state index contributed by atoms with van der Waals surface area (Å²) in [7, 11) is 0. The summed E-state index contributed by atoms with van der Waals surface area (Å²) in [6, 6.07) is 13.4. The molecular weight excluding hydrogens is 410 g/mol. The Bertz CT molecular complexity index is 592. The third kappa shape index (κ3) is 6.04. The molecule has 0 aliphatic heterocycles. The Balaban J connectivity index is 0.00000220. The van der Waals surface area contributed by atoms with E-state index in [0.29, 0.717) is 13.0 Å². The molecule has 0 saturated heterocycles. The Morgan fingerprint density at radius 1 is 1.05 bits per heavy atom. The average Bonchev–Trinajstić information content (AvgIpc) is 2.47. The van der Waals surface area contributed by atoms with Crippen molar-refractivity contribution in [3.05, 3.63) is 42.5 Å². The third-order valence-electron chi connectivity index (χ3n) is 3.32. The number of rotatable bonds is 6. The lowest BCUT2D eigenvalue weighted by molar-refractivity contribution is -0.117. The van der Waals surface area contributed by atoms with Crippen molar-refractivity contribution in [3.8, 4) is 0 Å². The van der Waals surface area contributed by atoms with Crippen molar-refractivity contribution in [1.29, 1.82) is 0 Å². The molecule has 1 amide bonds. The molecule has 2 aromatic rings. The first-order chi connectivity index (χ1) is 9.70. The molecule has 0 aromatic heterocycles. The lowest BCUT2D eigenvalue weighted by atomic mass is 10.1. The second-order valence-corrected chi connectivity index (χ2v) is 4.94. The van der Waals surface area contributed by atoms with Crippen LogP contribution >= 0.6 is 34.0 Å². The van der Waals surface area contributed by atoms with Crippen molar-refractivity contribution in [2.75, 3.05) is 11.9 Å². The van der Waals surface area contributed by atoms with Gasteiger partial charge >= 0.3 is 0 Å². The Morgan fingerprint density at radius 3 is 2.41 bits per heavy atom. The van der Waals surface area contributed by atoms with E-state index in [1.165, 1.54) is 0 Å². The molecule has 2 rings (SSSR count). The SMILES string of the molecule is Br.Br.NCCCC[C@H](N)C(=O)Nc1ccc2ccccc2c1. The summed E-state index contributed by atoms with van der Waals surface area (Å²) in [6.07, 6.45) is 2.44. The van der Waals surface area contributed by atoms with E-state index in [-0.39, 0.29) is 39.9 Å². The van der Waals surface area contributed by atoms with Crippen LogP contribution in [-0.4, -0.2) is 18.5 Å². The Hall–Kier alpha value is -0.950. The zero-order valence-corrected chi connectivity index (χ0v) is 15.8. The molecule has 0 heterocycles. The third-order valence-corrected chi connectivity index (χ3v) is 3.32. The number of benzene rings is 2. The Kier molecular flexibility index (Phi) is 10.3. The number of hydrogen-bond donors (Lipinski definition) is 3. The molecule has 5 N–H and O–H groups in total. The fourth-order valence-electron chi connectivity index (χ4n) is 2.14. The molecule has 0 radical (unpaired) electrons. The molecule has 0 fully saturated rings. The first kappa shape index (κ1) is 21.0. The first-order valence-corrected chi connectivity index (χ1v) is 6.96. The van der Waals surface area contributed by atoms with E-state index in [1.807, 2.05) is 42.5 Å². The van der Waals surface area contributed by atoms with Crippen molar-refractivity contribution < 1.29 is 4.79 Å². The molecule has 122 valence electrons. The lowest BCUT2D eigenvalue weighted by Crippen LogP contribution is -2.35. The van der Waals surface area contributed by atoms with E-state index in [1.54, 1.807) is 0 Å². The molecule has 1 atom stereocenters. The van der Waals surface area contributed by atoms with Gasteiger partial charge in [-0.05, 0) is 42.3 Å². The number of halogens is 2. The second kappa shape index (κ2) is 10.7. The van der Waals surface area contributed by atoms with Gasteiger partial charge in [-0.25, -0.2) is 0 Å². The summed E-state index contributed by atoms with van der Waals surface area (Å²) < 4.78 is 0. The van der Waals surface area contributed by atoms with Crippen LogP contribution in [0.3, 0.4) is 0 Å². The highest BCUT2D eigenvalue weighted by Crippen LogP contribution is 2.19. The van der Waals surface area contributed by atoms with Gasteiger partial charge in [0.15, 0.2) is 0 Å². The van der Waals surface area contributed by atoms with Crippen molar-refractivity contribution in [1.82, 2.24) is 0 Å². The first-order valence-electron chi connectivity index (χ1n) is 6.96. The van der Waals surface area contributed by atoms with E-state index in [4.69, 9.17) is 11.5 Å². The highest BCUT2D eigenvalue weighted by Gasteiger charge is 2.13. The van der Waals surface area contributed by atoms with Crippen molar-refractivity contribution >= 4 is 56.3 Å². The van der Waals surface area contributed by atoms with E-state index < -0.39 is 6.04 Å². The van der Waals surface area contributed by atoms with Gasteiger partial charge in [0, 0.05) is 5.69 Å². The number of nitrogens with two attached hydrogens (primary N) is 2.